The van der Waals surface area contributed by atoms with Crippen molar-refractivity contribution in [1.29, 1.82) is 0 Å². The molecule has 3 aromatic carbocycles. The number of hydrazone groups is 1. The monoisotopic (exact) mass is 466 g/mol. The minimum Gasteiger partial charge on any atom is -0.478 e. The summed E-state index contributed by atoms with van der Waals surface area (Å²) in [7, 11) is 0. The van der Waals surface area contributed by atoms with Gasteiger partial charge in [-0.15, -0.1) is 0 Å². The summed E-state index contributed by atoms with van der Waals surface area (Å²) in [5, 5.41) is 13.2. The van der Waals surface area contributed by atoms with Crippen LogP contribution >= 0.6 is 15.9 Å². The normalized spacial score (nSPS) is 10.6. The van der Waals surface area contributed by atoms with Crippen LogP contribution in [0.15, 0.2) is 82.4 Å². The molecule has 3 aromatic rings. The lowest BCUT2D eigenvalue weighted by Crippen LogP contribution is -2.17. The Labute approximate surface area is 180 Å². The van der Waals surface area contributed by atoms with E-state index in [0.29, 0.717) is 15.6 Å². The van der Waals surface area contributed by atoms with Gasteiger partial charge in [-0.2, -0.15) is 5.10 Å². The number of aromatic carboxylic acids is 1. The van der Waals surface area contributed by atoms with Crippen LogP contribution in [0.1, 0.15) is 36.6 Å². The minimum atomic E-state index is -1.23. The molecule has 0 unspecified atom stereocenters. The van der Waals surface area contributed by atoms with Crippen molar-refractivity contribution in [2.45, 2.75) is 0 Å². The maximum Gasteiger partial charge on any atom is 0.344 e. The molecule has 30 heavy (non-hydrogen) atoms. The van der Waals surface area contributed by atoms with Crippen molar-refractivity contribution in [2.24, 2.45) is 5.10 Å². The van der Waals surface area contributed by atoms with E-state index in [1.54, 1.807) is 48.5 Å². The Bertz CT molecular complexity index is 1130. The Morgan fingerprint density at radius 2 is 1.60 bits per heavy atom. The highest BCUT2D eigenvalue weighted by Gasteiger charge is 2.18. The fourth-order valence-electron chi connectivity index (χ4n) is 2.53. The number of hydrogen-bond acceptors (Lipinski definition) is 5. The lowest BCUT2D eigenvalue weighted by molar-refractivity contribution is 0.0668. The Morgan fingerprint density at radius 1 is 0.933 bits per heavy atom. The molecule has 0 atom stereocenters. The highest BCUT2D eigenvalue weighted by atomic mass is 79.9. The van der Waals surface area contributed by atoms with Crippen LogP contribution < -0.4 is 10.2 Å². The van der Waals surface area contributed by atoms with Crippen LogP contribution in [0.5, 0.6) is 5.75 Å². The highest BCUT2D eigenvalue weighted by molar-refractivity contribution is 9.10. The molecule has 0 saturated heterocycles. The van der Waals surface area contributed by atoms with Crippen LogP contribution in [0.2, 0.25) is 0 Å². The third-order valence-electron chi connectivity index (χ3n) is 3.96. The van der Waals surface area contributed by atoms with Crippen molar-refractivity contribution in [3.8, 4) is 5.75 Å². The quantitative estimate of drug-likeness (QED) is 0.246. The molecule has 1 amide bonds. The molecule has 0 heterocycles. The van der Waals surface area contributed by atoms with Crippen LogP contribution in [0, 0.1) is 0 Å². The summed E-state index contributed by atoms with van der Waals surface area (Å²) >= 11 is 3.33. The molecular weight excluding hydrogens is 452 g/mol. The predicted octanol–water partition coefficient (Wildman–Crippen LogP) is 4.13. The number of hydrogen-bond donors (Lipinski definition) is 2. The number of amides is 1. The van der Waals surface area contributed by atoms with Crippen LogP contribution in [-0.4, -0.2) is 29.2 Å². The van der Waals surface area contributed by atoms with Crippen LogP contribution in [-0.2, 0) is 0 Å². The van der Waals surface area contributed by atoms with Gasteiger partial charge >= 0.3 is 11.9 Å². The maximum absolute atomic E-state index is 12.5. The van der Waals surface area contributed by atoms with Crippen LogP contribution in [0.25, 0.3) is 0 Å². The average molecular weight is 467 g/mol. The van der Waals surface area contributed by atoms with Crippen molar-refractivity contribution in [2.75, 3.05) is 0 Å². The smallest absolute Gasteiger partial charge is 0.344 e. The van der Waals surface area contributed by atoms with Crippen molar-refractivity contribution < 1.29 is 24.2 Å². The van der Waals surface area contributed by atoms with Gasteiger partial charge in [0, 0.05) is 15.6 Å². The van der Waals surface area contributed by atoms with Gasteiger partial charge in [0.05, 0.1) is 17.3 Å². The zero-order valence-electron chi connectivity index (χ0n) is 15.4. The lowest BCUT2D eigenvalue weighted by atomic mass is 10.1. The first kappa shape index (κ1) is 20.9. The summed E-state index contributed by atoms with van der Waals surface area (Å²) in [4.78, 5) is 35.9. The summed E-state index contributed by atoms with van der Waals surface area (Å²) in [5.41, 5.74) is 3.01. The molecule has 0 radical (unpaired) electrons. The molecule has 150 valence electrons. The van der Waals surface area contributed by atoms with Crippen molar-refractivity contribution >= 4 is 40.0 Å². The minimum absolute atomic E-state index is 0.0758. The van der Waals surface area contributed by atoms with E-state index in [9.17, 15) is 19.5 Å². The third kappa shape index (κ3) is 5.18. The molecule has 7 nitrogen and oxygen atoms in total. The number of rotatable bonds is 6. The molecule has 0 saturated carbocycles. The SMILES string of the molecule is O=C(N/N=C/c1cc(Br)ccc1OC(=O)c1ccccc1C(=O)O)c1ccccc1. The zero-order chi connectivity index (χ0) is 21.5. The van der Waals surface area contributed by atoms with E-state index >= 15 is 0 Å². The second-order valence-electron chi connectivity index (χ2n) is 5.99. The number of carbonyl (C=O) groups is 3. The molecule has 0 aliphatic rings. The topological polar surface area (TPSA) is 105 Å². The molecular formula is C22H15BrN2O5. The number of benzene rings is 3. The number of carboxylic acids is 1. The summed E-state index contributed by atoms with van der Waals surface area (Å²) < 4.78 is 6.09. The second-order valence-corrected chi connectivity index (χ2v) is 6.90. The zero-order valence-corrected chi connectivity index (χ0v) is 17.0. The predicted molar refractivity (Wildman–Crippen MR) is 114 cm³/mol. The van der Waals surface area contributed by atoms with Crippen molar-refractivity contribution in [1.82, 2.24) is 5.43 Å². The van der Waals surface area contributed by atoms with Gasteiger partial charge in [0.25, 0.3) is 5.91 Å². The van der Waals surface area contributed by atoms with Crippen LogP contribution in [0.3, 0.4) is 0 Å². The Balaban J connectivity index is 1.80. The fraction of sp³-hybridized carbons (Fsp3) is 0. The van der Waals surface area contributed by atoms with E-state index in [0.717, 1.165) is 0 Å². The fourth-order valence-corrected chi connectivity index (χ4v) is 2.91. The average Bonchev–Trinajstić information content (AvgIpc) is 2.76. The van der Waals surface area contributed by atoms with E-state index in [1.807, 2.05) is 0 Å². The van der Waals surface area contributed by atoms with Gasteiger partial charge in [-0.1, -0.05) is 46.3 Å². The molecule has 0 fully saturated rings. The summed E-state index contributed by atoms with van der Waals surface area (Å²) in [6.45, 7) is 0. The van der Waals surface area contributed by atoms with E-state index in [4.69, 9.17) is 4.74 Å². The standard InChI is InChI=1S/C22H15BrN2O5/c23-16-10-11-19(30-22(29)18-9-5-4-8-17(18)21(27)28)15(12-16)13-24-25-20(26)14-6-2-1-3-7-14/h1-13H,(H,25,26)(H,27,28)/b24-13+. The van der Waals surface area contributed by atoms with E-state index in [1.165, 1.54) is 30.5 Å². The Morgan fingerprint density at radius 3 is 2.30 bits per heavy atom. The van der Waals surface area contributed by atoms with Crippen molar-refractivity contribution in [3.63, 3.8) is 0 Å². The summed E-state index contributed by atoms with van der Waals surface area (Å²) in [5.74, 6) is -2.29. The molecule has 0 aromatic heterocycles. The number of carboxylic acid groups (broad SMARTS) is 1. The van der Waals surface area contributed by atoms with Crippen LogP contribution in [0.4, 0.5) is 0 Å². The maximum atomic E-state index is 12.5. The largest absolute Gasteiger partial charge is 0.478 e. The molecule has 2 N–H and O–H groups in total. The van der Waals surface area contributed by atoms with Crippen molar-refractivity contribution in [3.05, 3.63) is 99.5 Å². The summed E-state index contributed by atoms with van der Waals surface area (Å²) in [6.07, 6.45) is 1.33. The van der Waals surface area contributed by atoms with Gasteiger partial charge in [0.1, 0.15) is 5.75 Å². The second kappa shape index (κ2) is 9.62. The first-order chi connectivity index (χ1) is 14.5. The van der Waals surface area contributed by atoms with E-state index in [2.05, 4.69) is 26.5 Å². The highest BCUT2D eigenvalue weighted by Crippen LogP contribution is 2.23. The van der Waals surface area contributed by atoms with Gasteiger partial charge in [0.2, 0.25) is 0 Å². The molecule has 0 aliphatic carbocycles. The van der Waals surface area contributed by atoms with Gasteiger partial charge in [-0.25, -0.2) is 15.0 Å². The number of ether oxygens (including phenoxy) is 1. The molecule has 3 rings (SSSR count). The number of nitrogens with one attached hydrogen (secondary N) is 1. The number of esters is 1. The number of halogens is 1. The lowest BCUT2D eigenvalue weighted by Gasteiger charge is -2.09. The first-order valence-corrected chi connectivity index (χ1v) is 9.47. The number of nitrogens with zero attached hydrogens (tertiary/aromatic N) is 1. The molecule has 0 aliphatic heterocycles. The molecule has 8 heteroatoms. The summed E-state index contributed by atoms with van der Waals surface area (Å²) in [6, 6.07) is 19.2. The van der Waals surface area contributed by atoms with Gasteiger partial charge in [0.15, 0.2) is 0 Å². The first-order valence-electron chi connectivity index (χ1n) is 8.68. The number of carbonyl (C=O) groups excluding carboxylic acids is 2. The van der Waals surface area contributed by atoms with Gasteiger partial charge < -0.3 is 9.84 Å². The molecule has 0 bridgehead atoms. The molecule has 0 spiro atoms. The Kier molecular flexibility index (Phi) is 6.71. The van der Waals surface area contributed by atoms with E-state index < -0.39 is 17.8 Å². The van der Waals surface area contributed by atoms with E-state index in [-0.39, 0.29) is 16.9 Å². The Hall–Kier alpha value is -3.78. The van der Waals surface area contributed by atoms with Gasteiger partial charge in [-0.05, 0) is 42.5 Å². The third-order valence-corrected chi connectivity index (χ3v) is 4.45. The van der Waals surface area contributed by atoms with Gasteiger partial charge in [-0.3, -0.25) is 4.79 Å².